The van der Waals surface area contributed by atoms with Crippen molar-refractivity contribution >= 4 is 26.0 Å². The second-order valence-electron chi connectivity index (χ2n) is 9.44. The lowest BCUT2D eigenvalue weighted by molar-refractivity contribution is 0.0954. The third kappa shape index (κ3) is 6.34. The van der Waals surface area contributed by atoms with Crippen LogP contribution in [0, 0.1) is 0 Å². The van der Waals surface area contributed by atoms with Crippen molar-refractivity contribution in [2.45, 2.75) is 54.7 Å². The lowest BCUT2D eigenvalue weighted by Crippen LogP contribution is -2.32. The van der Waals surface area contributed by atoms with Crippen LogP contribution in [-0.2, 0) is 26.5 Å². The van der Waals surface area contributed by atoms with Crippen LogP contribution >= 0.6 is 0 Å². The Balaban J connectivity index is 1.40. The van der Waals surface area contributed by atoms with Crippen molar-refractivity contribution in [3.63, 3.8) is 0 Å². The summed E-state index contributed by atoms with van der Waals surface area (Å²) in [6.45, 7) is 2.35. The van der Waals surface area contributed by atoms with Gasteiger partial charge in [0.2, 0.25) is 20.0 Å². The molecule has 2 aliphatic heterocycles. The molecule has 0 saturated carbocycles. The van der Waals surface area contributed by atoms with Crippen molar-refractivity contribution in [3.8, 4) is 5.75 Å². The number of sulfonamides is 2. The summed E-state index contributed by atoms with van der Waals surface area (Å²) in [6.07, 6.45) is 5.91. The third-order valence-corrected chi connectivity index (χ3v) is 10.8. The van der Waals surface area contributed by atoms with Crippen LogP contribution in [0.25, 0.3) is 0 Å². The van der Waals surface area contributed by atoms with E-state index >= 15 is 0 Å². The minimum Gasteiger partial charge on any atom is -0.495 e. The fourth-order valence-electron chi connectivity index (χ4n) is 4.77. The van der Waals surface area contributed by atoms with E-state index in [2.05, 4.69) is 5.32 Å². The molecule has 2 aromatic carbocycles. The zero-order valence-electron chi connectivity index (χ0n) is 21.2. The summed E-state index contributed by atoms with van der Waals surface area (Å²) >= 11 is 0. The zero-order valence-corrected chi connectivity index (χ0v) is 22.8. The van der Waals surface area contributed by atoms with Crippen LogP contribution in [0.15, 0.2) is 52.3 Å². The molecule has 2 heterocycles. The third-order valence-electron chi connectivity index (χ3n) is 6.93. The first-order valence-electron chi connectivity index (χ1n) is 12.8. The molecule has 1 N–H and O–H groups in total. The molecular weight excluding hydrogens is 514 g/mol. The minimum atomic E-state index is -3.79. The first-order valence-corrected chi connectivity index (χ1v) is 15.7. The van der Waals surface area contributed by atoms with E-state index in [1.165, 1.54) is 27.9 Å². The highest BCUT2D eigenvalue weighted by atomic mass is 32.2. The Morgan fingerprint density at radius 3 is 1.97 bits per heavy atom. The van der Waals surface area contributed by atoms with Gasteiger partial charge in [-0.1, -0.05) is 25.0 Å². The van der Waals surface area contributed by atoms with E-state index in [9.17, 15) is 21.6 Å². The van der Waals surface area contributed by atoms with E-state index in [1.807, 2.05) is 0 Å². The van der Waals surface area contributed by atoms with E-state index in [0.717, 1.165) is 44.1 Å². The maximum Gasteiger partial charge on any atom is 0.251 e. The Hall–Kier alpha value is -2.47. The van der Waals surface area contributed by atoms with E-state index in [1.54, 1.807) is 30.3 Å². The number of carbonyl (C=O) groups is 1. The maximum absolute atomic E-state index is 13.3. The van der Waals surface area contributed by atoms with E-state index in [4.69, 9.17) is 4.74 Å². The van der Waals surface area contributed by atoms with Crippen LogP contribution in [-0.4, -0.2) is 71.2 Å². The number of rotatable bonds is 9. The van der Waals surface area contributed by atoms with Gasteiger partial charge in [0.05, 0.1) is 12.0 Å². The summed E-state index contributed by atoms with van der Waals surface area (Å²) in [6, 6.07) is 11.2. The van der Waals surface area contributed by atoms with E-state index in [-0.39, 0.29) is 27.0 Å². The summed E-state index contributed by atoms with van der Waals surface area (Å²) in [5.74, 6) is -0.173. The first kappa shape index (κ1) is 27.6. The maximum atomic E-state index is 13.3. The SMILES string of the molecule is COc1ccc(C(=O)NCCc2ccc(S(=O)(=O)N3CCCC3)cc2)cc1S(=O)(=O)N1CCCCCC1. The van der Waals surface area contributed by atoms with Gasteiger partial charge in [-0.15, -0.1) is 0 Å². The molecule has 0 aromatic heterocycles. The highest BCUT2D eigenvalue weighted by Crippen LogP contribution is 2.29. The molecule has 2 saturated heterocycles. The minimum absolute atomic E-state index is 0.000601. The van der Waals surface area contributed by atoms with Crippen molar-refractivity contribution in [1.82, 2.24) is 13.9 Å². The second kappa shape index (κ2) is 11.9. The van der Waals surface area contributed by atoms with Gasteiger partial charge in [0.1, 0.15) is 10.6 Å². The lowest BCUT2D eigenvalue weighted by atomic mass is 10.1. The average Bonchev–Trinajstić information content (AvgIpc) is 3.32. The fourth-order valence-corrected chi connectivity index (χ4v) is 7.98. The van der Waals surface area contributed by atoms with Gasteiger partial charge in [0.25, 0.3) is 5.91 Å². The smallest absolute Gasteiger partial charge is 0.251 e. The summed E-state index contributed by atoms with van der Waals surface area (Å²) in [5.41, 5.74) is 1.13. The molecule has 2 fully saturated rings. The molecule has 0 bridgehead atoms. The molecule has 4 rings (SSSR count). The standard InChI is InChI=1S/C26H35N3O6S2/c1-35-24-13-10-22(20-25(24)37(33,34)29-16-4-2-3-5-17-29)26(30)27-15-14-21-8-11-23(12-9-21)36(31,32)28-18-6-7-19-28/h8-13,20H,2-7,14-19H2,1H3,(H,27,30). The van der Waals surface area contributed by atoms with Crippen LogP contribution in [0.1, 0.15) is 54.4 Å². The van der Waals surface area contributed by atoms with Gasteiger partial charge < -0.3 is 10.1 Å². The number of nitrogens with one attached hydrogen (secondary N) is 1. The Labute approximate surface area is 219 Å². The zero-order chi connectivity index (χ0) is 26.5. The van der Waals surface area contributed by atoms with Crippen molar-refractivity contribution in [3.05, 3.63) is 53.6 Å². The molecule has 0 radical (unpaired) electrons. The molecule has 202 valence electrons. The van der Waals surface area contributed by atoms with Gasteiger partial charge in [-0.2, -0.15) is 8.61 Å². The Morgan fingerprint density at radius 2 is 1.38 bits per heavy atom. The summed E-state index contributed by atoms with van der Waals surface area (Å²) in [7, 11) is -5.84. The van der Waals surface area contributed by atoms with Gasteiger partial charge in [0.15, 0.2) is 0 Å². The van der Waals surface area contributed by atoms with Gasteiger partial charge in [0, 0.05) is 38.3 Å². The summed E-state index contributed by atoms with van der Waals surface area (Å²) in [5, 5.41) is 2.83. The molecule has 0 atom stereocenters. The number of hydrogen-bond donors (Lipinski definition) is 1. The molecule has 1 amide bonds. The number of ether oxygens (including phenoxy) is 1. The van der Waals surface area contributed by atoms with Crippen molar-refractivity contribution in [1.29, 1.82) is 0 Å². The second-order valence-corrected chi connectivity index (χ2v) is 13.3. The van der Waals surface area contributed by atoms with Crippen LogP contribution in [0.2, 0.25) is 0 Å². The van der Waals surface area contributed by atoms with Crippen LogP contribution in [0.4, 0.5) is 0 Å². The van der Waals surface area contributed by atoms with E-state index < -0.39 is 20.0 Å². The number of methoxy groups -OCH3 is 1. The first-order chi connectivity index (χ1) is 17.7. The molecule has 0 aliphatic carbocycles. The normalized spacial score (nSPS) is 17.9. The number of benzene rings is 2. The molecule has 0 unspecified atom stereocenters. The molecule has 2 aliphatic rings. The number of hydrogen-bond acceptors (Lipinski definition) is 6. The number of carbonyl (C=O) groups excluding carboxylic acids is 1. The number of amides is 1. The Kier molecular flexibility index (Phi) is 8.89. The molecule has 37 heavy (non-hydrogen) atoms. The molecule has 11 heteroatoms. The average molecular weight is 550 g/mol. The summed E-state index contributed by atoms with van der Waals surface area (Å²) in [4.78, 5) is 13.1. The molecular formula is C26H35N3O6S2. The predicted molar refractivity (Wildman–Crippen MR) is 141 cm³/mol. The Morgan fingerprint density at radius 1 is 0.811 bits per heavy atom. The monoisotopic (exact) mass is 549 g/mol. The van der Waals surface area contributed by atoms with Crippen molar-refractivity contribution in [2.75, 3.05) is 39.8 Å². The number of nitrogens with zero attached hydrogens (tertiary/aromatic N) is 2. The van der Waals surface area contributed by atoms with Crippen molar-refractivity contribution < 1.29 is 26.4 Å². The van der Waals surface area contributed by atoms with Crippen LogP contribution in [0.3, 0.4) is 0 Å². The van der Waals surface area contributed by atoms with E-state index in [0.29, 0.717) is 39.1 Å². The largest absolute Gasteiger partial charge is 0.495 e. The van der Waals surface area contributed by atoms with Gasteiger partial charge in [-0.25, -0.2) is 16.8 Å². The fraction of sp³-hybridized carbons (Fsp3) is 0.500. The topological polar surface area (TPSA) is 113 Å². The lowest BCUT2D eigenvalue weighted by Gasteiger charge is -2.21. The predicted octanol–water partition coefficient (Wildman–Crippen LogP) is 3.02. The van der Waals surface area contributed by atoms with Gasteiger partial charge in [-0.3, -0.25) is 4.79 Å². The summed E-state index contributed by atoms with van der Waals surface area (Å²) < 4.78 is 60.4. The molecule has 2 aromatic rings. The van der Waals surface area contributed by atoms with Crippen LogP contribution < -0.4 is 10.1 Å². The molecule has 9 nitrogen and oxygen atoms in total. The molecule has 0 spiro atoms. The Bertz CT molecular complexity index is 1300. The highest BCUT2D eigenvalue weighted by Gasteiger charge is 2.29. The quantitative estimate of drug-likeness (QED) is 0.515. The van der Waals surface area contributed by atoms with Crippen LogP contribution in [0.5, 0.6) is 5.75 Å². The highest BCUT2D eigenvalue weighted by molar-refractivity contribution is 7.89. The van der Waals surface area contributed by atoms with Gasteiger partial charge in [-0.05, 0) is 68.0 Å². The van der Waals surface area contributed by atoms with Crippen molar-refractivity contribution in [2.24, 2.45) is 0 Å². The van der Waals surface area contributed by atoms with Gasteiger partial charge >= 0.3 is 0 Å².